The predicted octanol–water partition coefficient (Wildman–Crippen LogP) is 1.15. The Kier molecular flexibility index (Phi) is 3.16. The van der Waals surface area contributed by atoms with Gasteiger partial charge in [-0.2, -0.15) is 0 Å². The number of hydrogen-bond donors (Lipinski definition) is 1. The molecule has 1 heterocycles. The first-order valence-corrected chi connectivity index (χ1v) is 4.16. The van der Waals surface area contributed by atoms with Crippen LogP contribution < -0.4 is 5.73 Å². The first-order chi connectivity index (χ1) is 4.83. The SMILES string of the molecule is CCCC1COC[C@H](N)C1. The molecular weight excluding hydrogens is 126 g/mol. The molecule has 10 heavy (non-hydrogen) atoms. The normalized spacial score (nSPS) is 34.2. The van der Waals surface area contributed by atoms with Gasteiger partial charge in [0, 0.05) is 12.6 Å². The maximum absolute atomic E-state index is 5.73. The Bertz CT molecular complexity index is 93.3. The van der Waals surface area contributed by atoms with Crippen molar-refractivity contribution in [3.8, 4) is 0 Å². The third kappa shape index (κ3) is 2.27. The zero-order chi connectivity index (χ0) is 7.40. The molecule has 1 aliphatic heterocycles. The third-order valence-corrected chi connectivity index (χ3v) is 2.02. The average molecular weight is 143 g/mol. The molecule has 1 saturated heterocycles. The molecule has 1 unspecified atom stereocenters. The third-order valence-electron chi connectivity index (χ3n) is 2.02. The van der Waals surface area contributed by atoms with Crippen LogP contribution >= 0.6 is 0 Å². The number of rotatable bonds is 2. The molecule has 1 rings (SSSR count). The molecule has 0 aromatic heterocycles. The van der Waals surface area contributed by atoms with Crippen LogP contribution in [-0.4, -0.2) is 19.3 Å². The molecule has 2 nitrogen and oxygen atoms in total. The maximum atomic E-state index is 5.73. The Balaban J connectivity index is 2.18. The highest BCUT2D eigenvalue weighted by molar-refractivity contribution is 4.72. The van der Waals surface area contributed by atoms with E-state index in [4.69, 9.17) is 10.5 Å². The van der Waals surface area contributed by atoms with Crippen molar-refractivity contribution in [2.45, 2.75) is 32.2 Å². The summed E-state index contributed by atoms with van der Waals surface area (Å²) in [6.45, 7) is 3.90. The van der Waals surface area contributed by atoms with Crippen LogP contribution in [0.5, 0.6) is 0 Å². The summed E-state index contributed by atoms with van der Waals surface area (Å²) in [5.41, 5.74) is 5.73. The van der Waals surface area contributed by atoms with E-state index in [0.29, 0.717) is 6.04 Å². The van der Waals surface area contributed by atoms with Gasteiger partial charge in [-0.25, -0.2) is 0 Å². The van der Waals surface area contributed by atoms with Crippen molar-refractivity contribution in [3.05, 3.63) is 0 Å². The minimum absolute atomic E-state index is 0.297. The molecule has 1 aliphatic rings. The summed E-state index contributed by atoms with van der Waals surface area (Å²) < 4.78 is 5.32. The van der Waals surface area contributed by atoms with E-state index >= 15 is 0 Å². The highest BCUT2D eigenvalue weighted by atomic mass is 16.5. The lowest BCUT2D eigenvalue weighted by Crippen LogP contribution is -2.35. The standard InChI is InChI=1S/C8H17NO/c1-2-3-7-4-8(9)6-10-5-7/h7-8H,2-6,9H2,1H3/t7?,8-/m1/s1. The van der Waals surface area contributed by atoms with Crippen LogP contribution in [0.2, 0.25) is 0 Å². The zero-order valence-electron chi connectivity index (χ0n) is 6.68. The van der Waals surface area contributed by atoms with Gasteiger partial charge in [0.15, 0.2) is 0 Å². The molecule has 0 saturated carbocycles. The fraction of sp³-hybridized carbons (Fsp3) is 1.00. The summed E-state index contributed by atoms with van der Waals surface area (Å²) in [5.74, 6) is 0.730. The highest BCUT2D eigenvalue weighted by Gasteiger charge is 2.18. The second-order valence-electron chi connectivity index (χ2n) is 3.19. The lowest BCUT2D eigenvalue weighted by Gasteiger charge is -2.26. The van der Waals surface area contributed by atoms with Gasteiger partial charge in [0.05, 0.1) is 6.61 Å². The Morgan fingerprint density at radius 3 is 2.90 bits per heavy atom. The number of ether oxygens (including phenoxy) is 1. The molecule has 0 bridgehead atoms. The molecular formula is C8H17NO. The van der Waals surface area contributed by atoms with Crippen molar-refractivity contribution in [2.24, 2.45) is 11.7 Å². The van der Waals surface area contributed by atoms with Gasteiger partial charge in [0.25, 0.3) is 0 Å². The van der Waals surface area contributed by atoms with E-state index in [0.717, 1.165) is 25.6 Å². The fourth-order valence-corrected chi connectivity index (χ4v) is 1.56. The van der Waals surface area contributed by atoms with Gasteiger partial charge in [-0.15, -0.1) is 0 Å². The predicted molar refractivity (Wildman–Crippen MR) is 41.8 cm³/mol. The maximum Gasteiger partial charge on any atom is 0.0617 e. The summed E-state index contributed by atoms with van der Waals surface area (Å²) in [5, 5.41) is 0. The molecule has 0 radical (unpaired) electrons. The molecule has 0 amide bonds. The second kappa shape index (κ2) is 3.94. The van der Waals surface area contributed by atoms with E-state index in [-0.39, 0.29) is 0 Å². The molecule has 2 N–H and O–H groups in total. The van der Waals surface area contributed by atoms with Crippen molar-refractivity contribution in [1.29, 1.82) is 0 Å². The van der Waals surface area contributed by atoms with Crippen molar-refractivity contribution >= 4 is 0 Å². The van der Waals surface area contributed by atoms with Gasteiger partial charge in [0.2, 0.25) is 0 Å². The first-order valence-electron chi connectivity index (χ1n) is 4.16. The lowest BCUT2D eigenvalue weighted by molar-refractivity contribution is 0.0379. The van der Waals surface area contributed by atoms with Crippen LogP contribution in [0.3, 0.4) is 0 Å². The summed E-state index contributed by atoms with van der Waals surface area (Å²) in [7, 11) is 0. The molecule has 1 fully saturated rings. The monoisotopic (exact) mass is 143 g/mol. The lowest BCUT2D eigenvalue weighted by atomic mass is 9.95. The summed E-state index contributed by atoms with van der Waals surface area (Å²) in [4.78, 5) is 0. The zero-order valence-corrected chi connectivity index (χ0v) is 6.68. The van der Waals surface area contributed by atoms with Gasteiger partial charge < -0.3 is 10.5 Å². The van der Waals surface area contributed by atoms with Crippen molar-refractivity contribution in [3.63, 3.8) is 0 Å². The van der Waals surface area contributed by atoms with E-state index in [9.17, 15) is 0 Å². The van der Waals surface area contributed by atoms with E-state index in [1.807, 2.05) is 0 Å². The average Bonchev–Trinajstić information content (AvgIpc) is 1.88. The summed E-state index contributed by atoms with van der Waals surface area (Å²) in [6, 6.07) is 0.297. The van der Waals surface area contributed by atoms with Crippen LogP contribution in [0.4, 0.5) is 0 Å². The minimum atomic E-state index is 0.297. The molecule has 0 spiro atoms. The fourth-order valence-electron chi connectivity index (χ4n) is 1.56. The second-order valence-corrected chi connectivity index (χ2v) is 3.19. The van der Waals surface area contributed by atoms with Gasteiger partial charge in [-0.05, 0) is 18.8 Å². The smallest absolute Gasteiger partial charge is 0.0617 e. The first kappa shape index (κ1) is 8.02. The molecule has 2 atom stereocenters. The van der Waals surface area contributed by atoms with Gasteiger partial charge in [-0.1, -0.05) is 13.3 Å². The van der Waals surface area contributed by atoms with Crippen LogP contribution in [-0.2, 0) is 4.74 Å². The van der Waals surface area contributed by atoms with Crippen LogP contribution in [0.1, 0.15) is 26.2 Å². The molecule has 2 heteroatoms. The molecule has 0 aromatic carbocycles. The Hall–Kier alpha value is -0.0800. The largest absolute Gasteiger partial charge is 0.380 e. The Morgan fingerprint density at radius 2 is 2.30 bits per heavy atom. The van der Waals surface area contributed by atoms with E-state index in [2.05, 4.69) is 6.92 Å². The van der Waals surface area contributed by atoms with E-state index in [1.165, 1.54) is 12.8 Å². The van der Waals surface area contributed by atoms with Crippen LogP contribution in [0.15, 0.2) is 0 Å². The van der Waals surface area contributed by atoms with Gasteiger partial charge in [0.1, 0.15) is 0 Å². The van der Waals surface area contributed by atoms with E-state index in [1.54, 1.807) is 0 Å². The quantitative estimate of drug-likeness (QED) is 0.629. The van der Waals surface area contributed by atoms with Gasteiger partial charge in [-0.3, -0.25) is 0 Å². The van der Waals surface area contributed by atoms with Crippen LogP contribution in [0, 0.1) is 5.92 Å². The van der Waals surface area contributed by atoms with Crippen molar-refractivity contribution in [2.75, 3.05) is 13.2 Å². The Labute approximate surface area is 62.7 Å². The van der Waals surface area contributed by atoms with Crippen molar-refractivity contribution < 1.29 is 4.74 Å². The van der Waals surface area contributed by atoms with Crippen molar-refractivity contribution in [1.82, 2.24) is 0 Å². The van der Waals surface area contributed by atoms with Crippen LogP contribution in [0.25, 0.3) is 0 Å². The highest BCUT2D eigenvalue weighted by Crippen LogP contribution is 2.17. The molecule has 0 aromatic rings. The topological polar surface area (TPSA) is 35.2 Å². The summed E-state index contributed by atoms with van der Waals surface area (Å²) >= 11 is 0. The Morgan fingerprint density at radius 1 is 1.50 bits per heavy atom. The molecule has 60 valence electrons. The van der Waals surface area contributed by atoms with E-state index < -0.39 is 0 Å². The minimum Gasteiger partial charge on any atom is -0.380 e. The summed E-state index contributed by atoms with van der Waals surface area (Å²) in [6.07, 6.45) is 3.68. The molecule has 0 aliphatic carbocycles. The van der Waals surface area contributed by atoms with Gasteiger partial charge >= 0.3 is 0 Å². The number of hydrogen-bond acceptors (Lipinski definition) is 2. The number of nitrogens with two attached hydrogens (primary N) is 1.